The van der Waals surface area contributed by atoms with E-state index in [0.717, 1.165) is 42.6 Å². The summed E-state index contributed by atoms with van der Waals surface area (Å²) in [5, 5.41) is 10.1. The van der Waals surface area contributed by atoms with Crippen LogP contribution < -0.4 is 0 Å². The molecule has 2 heteroatoms. The third-order valence-electron chi connectivity index (χ3n) is 9.21. The van der Waals surface area contributed by atoms with Gasteiger partial charge in [0.2, 0.25) is 0 Å². The summed E-state index contributed by atoms with van der Waals surface area (Å²) in [7, 11) is 4.59. The van der Waals surface area contributed by atoms with E-state index in [-0.39, 0.29) is 6.10 Å². The average molecular weight is 320 g/mol. The fourth-order valence-corrected chi connectivity index (χ4v) is 8.06. The SMILES string of the molecule is CN(C)[C@@H]1CC[C@@H]2[C@@H]3CC[C@H]4C[C@@H](O)CC[C@]4(C)[C@H]3CC[C@@]21C. The predicted molar refractivity (Wildman–Crippen MR) is 95.2 cm³/mol. The van der Waals surface area contributed by atoms with Crippen molar-refractivity contribution in [3.05, 3.63) is 0 Å². The Kier molecular flexibility index (Phi) is 3.89. The number of hydrogen-bond donors (Lipinski definition) is 1. The molecule has 0 aromatic rings. The van der Waals surface area contributed by atoms with E-state index in [1.165, 1.54) is 44.9 Å². The number of nitrogens with zero attached hydrogens (tertiary/aromatic N) is 1. The summed E-state index contributed by atoms with van der Waals surface area (Å²) >= 11 is 0. The summed E-state index contributed by atoms with van der Waals surface area (Å²) in [6.07, 6.45) is 12.0. The van der Waals surface area contributed by atoms with E-state index in [1.807, 2.05) is 0 Å². The van der Waals surface area contributed by atoms with Crippen LogP contribution in [0.2, 0.25) is 0 Å². The van der Waals surface area contributed by atoms with Gasteiger partial charge in [-0.3, -0.25) is 0 Å². The standard InChI is InChI=1S/C21H37NO/c1-20-11-9-15(23)13-14(20)5-6-16-17-7-8-19(22(3)4)21(17,2)12-10-18(16)20/h14-19,23H,5-13H2,1-4H3/t14-,15-,16-,17+,18-,19+,20-,21-/m0/s1. The second kappa shape index (κ2) is 5.46. The van der Waals surface area contributed by atoms with Gasteiger partial charge >= 0.3 is 0 Å². The molecule has 0 radical (unpaired) electrons. The molecule has 0 aliphatic heterocycles. The summed E-state index contributed by atoms with van der Waals surface area (Å²) in [6, 6.07) is 0.798. The number of fused-ring (bicyclic) bond motifs is 5. The fourth-order valence-electron chi connectivity index (χ4n) is 8.06. The third-order valence-corrected chi connectivity index (χ3v) is 9.21. The number of aliphatic hydroxyl groups excluding tert-OH is 1. The largest absolute Gasteiger partial charge is 0.393 e. The summed E-state index contributed by atoms with van der Waals surface area (Å²) in [4.78, 5) is 2.52. The van der Waals surface area contributed by atoms with Crippen LogP contribution in [0.15, 0.2) is 0 Å². The smallest absolute Gasteiger partial charge is 0.0543 e. The van der Waals surface area contributed by atoms with Crippen molar-refractivity contribution in [3.8, 4) is 0 Å². The van der Waals surface area contributed by atoms with E-state index in [1.54, 1.807) is 0 Å². The maximum absolute atomic E-state index is 10.1. The molecule has 0 heterocycles. The van der Waals surface area contributed by atoms with Gasteiger partial charge in [-0.2, -0.15) is 0 Å². The quantitative estimate of drug-likeness (QED) is 0.778. The van der Waals surface area contributed by atoms with Crippen LogP contribution in [0.4, 0.5) is 0 Å². The van der Waals surface area contributed by atoms with E-state index in [0.29, 0.717) is 10.8 Å². The number of aliphatic hydroxyl groups is 1. The fraction of sp³-hybridized carbons (Fsp3) is 1.00. The van der Waals surface area contributed by atoms with Crippen LogP contribution >= 0.6 is 0 Å². The molecule has 8 atom stereocenters. The molecule has 0 saturated heterocycles. The normalized spacial score (nSPS) is 56.1. The van der Waals surface area contributed by atoms with Gasteiger partial charge in [0.15, 0.2) is 0 Å². The van der Waals surface area contributed by atoms with Gasteiger partial charge in [-0.15, -0.1) is 0 Å². The summed E-state index contributed by atoms with van der Waals surface area (Å²) in [6.45, 7) is 5.21. The highest BCUT2D eigenvalue weighted by Gasteiger charge is 2.60. The van der Waals surface area contributed by atoms with Crippen molar-refractivity contribution < 1.29 is 5.11 Å². The van der Waals surface area contributed by atoms with Gasteiger partial charge in [-0.25, -0.2) is 0 Å². The molecule has 4 rings (SSSR count). The Morgan fingerprint density at radius 3 is 2.26 bits per heavy atom. The minimum absolute atomic E-state index is 0.0110. The van der Waals surface area contributed by atoms with Crippen LogP contribution in [-0.2, 0) is 0 Å². The molecule has 2 nitrogen and oxygen atoms in total. The first-order valence-electron chi connectivity index (χ1n) is 10.2. The molecule has 0 bridgehead atoms. The van der Waals surface area contributed by atoms with Crippen molar-refractivity contribution >= 4 is 0 Å². The highest BCUT2D eigenvalue weighted by molar-refractivity contribution is 5.10. The van der Waals surface area contributed by atoms with Crippen molar-refractivity contribution in [2.24, 2.45) is 34.5 Å². The van der Waals surface area contributed by atoms with Crippen LogP contribution in [0.3, 0.4) is 0 Å². The Hall–Kier alpha value is -0.0800. The Morgan fingerprint density at radius 2 is 1.52 bits per heavy atom. The Morgan fingerprint density at radius 1 is 0.826 bits per heavy atom. The second-order valence-corrected chi connectivity index (χ2v) is 10.2. The molecular formula is C21H37NO. The van der Waals surface area contributed by atoms with E-state index >= 15 is 0 Å². The number of hydrogen-bond acceptors (Lipinski definition) is 2. The monoisotopic (exact) mass is 319 g/mol. The molecule has 4 saturated carbocycles. The van der Waals surface area contributed by atoms with Crippen molar-refractivity contribution in [1.29, 1.82) is 0 Å². The van der Waals surface area contributed by atoms with Gasteiger partial charge in [0.05, 0.1) is 6.10 Å². The molecular weight excluding hydrogens is 282 g/mol. The minimum Gasteiger partial charge on any atom is -0.393 e. The van der Waals surface area contributed by atoms with Crippen LogP contribution in [0, 0.1) is 34.5 Å². The van der Waals surface area contributed by atoms with Gasteiger partial charge in [-0.1, -0.05) is 13.8 Å². The Labute approximate surface area is 143 Å². The molecule has 23 heavy (non-hydrogen) atoms. The lowest BCUT2D eigenvalue weighted by atomic mass is 9.45. The molecule has 0 aromatic heterocycles. The Bertz CT molecular complexity index is 463. The van der Waals surface area contributed by atoms with E-state index in [2.05, 4.69) is 32.8 Å². The molecule has 4 fully saturated rings. The van der Waals surface area contributed by atoms with Crippen molar-refractivity contribution in [3.63, 3.8) is 0 Å². The highest BCUT2D eigenvalue weighted by Crippen LogP contribution is 2.66. The molecule has 132 valence electrons. The first-order chi connectivity index (χ1) is 10.9. The van der Waals surface area contributed by atoms with Crippen molar-refractivity contribution in [2.45, 2.75) is 83.8 Å². The molecule has 0 spiro atoms. The lowest BCUT2D eigenvalue weighted by Gasteiger charge is -2.61. The van der Waals surface area contributed by atoms with Crippen molar-refractivity contribution in [1.82, 2.24) is 4.90 Å². The van der Waals surface area contributed by atoms with Crippen LogP contribution in [0.5, 0.6) is 0 Å². The zero-order chi connectivity index (χ0) is 16.4. The first kappa shape index (κ1) is 16.4. The van der Waals surface area contributed by atoms with Crippen LogP contribution in [0.1, 0.15) is 71.6 Å². The zero-order valence-electron chi connectivity index (χ0n) is 15.7. The molecule has 4 aliphatic rings. The third kappa shape index (κ3) is 2.27. The van der Waals surface area contributed by atoms with E-state index in [9.17, 15) is 5.11 Å². The molecule has 1 N–H and O–H groups in total. The van der Waals surface area contributed by atoms with E-state index in [4.69, 9.17) is 0 Å². The second-order valence-electron chi connectivity index (χ2n) is 10.2. The summed E-state index contributed by atoms with van der Waals surface area (Å²) in [5.41, 5.74) is 1.09. The van der Waals surface area contributed by atoms with Gasteiger partial charge in [0, 0.05) is 6.04 Å². The molecule has 0 amide bonds. The van der Waals surface area contributed by atoms with Crippen molar-refractivity contribution in [2.75, 3.05) is 14.1 Å². The zero-order valence-corrected chi connectivity index (χ0v) is 15.7. The van der Waals surface area contributed by atoms with Crippen LogP contribution in [0.25, 0.3) is 0 Å². The number of rotatable bonds is 1. The maximum Gasteiger partial charge on any atom is 0.0543 e. The first-order valence-corrected chi connectivity index (χ1v) is 10.2. The predicted octanol–water partition coefficient (Wildman–Crippen LogP) is 4.32. The maximum atomic E-state index is 10.1. The lowest BCUT2D eigenvalue weighted by Crippen LogP contribution is -2.55. The average Bonchev–Trinajstić information content (AvgIpc) is 2.85. The summed E-state index contributed by atoms with van der Waals surface area (Å²) in [5.74, 6) is 3.66. The Balaban J connectivity index is 1.60. The van der Waals surface area contributed by atoms with Crippen LogP contribution in [-0.4, -0.2) is 36.2 Å². The van der Waals surface area contributed by atoms with E-state index < -0.39 is 0 Å². The van der Waals surface area contributed by atoms with Gasteiger partial charge in [-0.05, 0) is 106 Å². The van der Waals surface area contributed by atoms with Gasteiger partial charge in [0.1, 0.15) is 0 Å². The highest BCUT2D eigenvalue weighted by atomic mass is 16.3. The molecule has 4 aliphatic carbocycles. The summed E-state index contributed by atoms with van der Waals surface area (Å²) < 4.78 is 0. The lowest BCUT2D eigenvalue weighted by molar-refractivity contribution is -0.127. The van der Waals surface area contributed by atoms with Gasteiger partial charge in [0.25, 0.3) is 0 Å². The van der Waals surface area contributed by atoms with Gasteiger partial charge < -0.3 is 10.0 Å². The molecule has 0 unspecified atom stereocenters. The topological polar surface area (TPSA) is 23.5 Å². The molecule has 0 aromatic carbocycles. The minimum atomic E-state index is -0.0110.